The van der Waals surface area contributed by atoms with Crippen molar-refractivity contribution in [3.8, 4) is 0 Å². The molecule has 0 aliphatic heterocycles. The number of aliphatic hydroxyl groups excluding tert-OH is 1. The molecule has 0 bridgehead atoms. The summed E-state index contributed by atoms with van der Waals surface area (Å²) in [4.78, 5) is 0. The minimum atomic E-state index is -0.407. The summed E-state index contributed by atoms with van der Waals surface area (Å²) < 4.78 is 10.4. The molecule has 1 N–H and O–H groups in total. The molecule has 1 unspecified atom stereocenters. The first-order chi connectivity index (χ1) is 5.57. The number of rotatable bonds is 6. The highest BCUT2D eigenvalue weighted by Gasteiger charge is 2.12. The van der Waals surface area contributed by atoms with E-state index in [0.717, 1.165) is 6.42 Å². The summed E-state index contributed by atoms with van der Waals surface area (Å²) in [5.41, 5.74) is 0. The third kappa shape index (κ3) is 5.52. The van der Waals surface area contributed by atoms with Gasteiger partial charge in [0.1, 0.15) is 0 Å². The molecule has 0 aromatic rings. The predicted octanol–water partition coefficient (Wildman–Crippen LogP) is 1.20. The zero-order valence-electron chi connectivity index (χ0n) is 8.41. The Morgan fingerprint density at radius 2 is 1.83 bits per heavy atom. The van der Waals surface area contributed by atoms with Crippen molar-refractivity contribution in [2.45, 2.75) is 45.5 Å². The van der Waals surface area contributed by atoms with Crippen LogP contribution in [0.1, 0.15) is 27.2 Å². The van der Waals surface area contributed by atoms with Crippen molar-refractivity contribution >= 4 is 0 Å². The van der Waals surface area contributed by atoms with Crippen molar-refractivity contribution in [3.05, 3.63) is 0 Å². The first-order valence-electron chi connectivity index (χ1n) is 4.40. The lowest BCUT2D eigenvalue weighted by Crippen LogP contribution is -2.27. The smallest absolute Gasteiger partial charge is 0.0806 e. The van der Waals surface area contributed by atoms with Crippen molar-refractivity contribution in [1.82, 2.24) is 0 Å². The van der Waals surface area contributed by atoms with Gasteiger partial charge in [-0.25, -0.2) is 0 Å². The average molecular weight is 176 g/mol. The number of hydrogen-bond donors (Lipinski definition) is 1. The molecule has 74 valence electrons. The topological polar surface area (TPSA) is 38.7 Å². The van der Waals surface area contributed by atoms with E-state index in [9.17, 15) is 0 Å². The maximum atomic E-state index is 9.14. The van der Waals surface area contributed by atoms with E-state index in [1.54, 1.807) is 14.0 Å². The second kappa shape index (κ2) is 6.40. The molecule has 0 aromatic carbocycles. The minimum Gasteiger partial charge on any atom is -0.391 e. The van der Waals surface area contributed by atoms with Gasteiger partial charge in [0.25, 0.3) is 0 Å². The van der Waals surface area contributed by atoms with Crippen LogP contribution in [-0.4, -0.2) is 37.1 Å². The highest BCUT2D eigenvalue weighted by molar-refractivity contribution is 4.60. The molecule has 0 aliphatic carbocycles. The summed E-state index contributed by atoms with van der Waals surface area (Å²) >= 11 is 0. The first-order valence-corrected chi connectivity index (χ1v) is 4.40. The van der Waals surface area contributed by atoms with Crippen molar-refractivity contribution in [2.75, 3.05) is 13.7 Å². The number of ether oxygens (including phenoxy) is 2. The zero-order chi connectivity index (χ0) is 9.56. The molecule has 0 radical (unpaired) electrons. The maximum absolute atomic E-state index is 9.14. The van der Waals surface area contributed by atoms with Crippen LogP contribution < -0.4 is 0 Å². The van der Waals surface area contributed by atoms with Gasteiger partial charge in [0.2, 0.25) is 0 Å². The van der Waals surface area contributed by atoms with E-state index < -0.39 is 6.10 Å². The Morgan fingerprint density at radius 3 is 2.25 bits per heavy atom. The van der Waals surface area contributed by atoms with Crippen LogP contribution in [0.4, 0.5) is 0 Å². The van der Waals surface area contributed by atoms with Gasteiger partial charge in [0.05, 0.1) is 18.3 Å². The van der Waals surface area contributed by atoms with E-state index >= 15 is 0 Å². The second-order valence-corrected chi connectivity index (χ2v) is 3.17. The molecule has 3 heteroatoms. The SMILES string of the molecule is COCC[C@H](C)OC(C)[C@@H](C)O. The van der Waals surface area contributed by atoms with Crippen LogP contribution in [0.25, 0.3) is 0 Å². The number of aliphatic hydroxyl groups is 1. The van der Waals surface area contributed by atoms with Crippen LogP contribution >= 0.6 is 0 Å². The van der Waals surface area contributed by atoms with E-state index in [-0.39, 0.29) is 12.2 Å². The fraction of sp³-hybridized carbons (Fsp3) is 1.00. The van der Waals surface area contributed by atoms with Crippen LogP contribution in [0.15, 0.2) is 0 Å². The third-order valence-electron chi connectivity index (χ3n) is 1.85. The largest absolute Gasteiger partial charge is 0.391 e. The lowest BCUT2D eigenvalue weighted by Gasteiger charge is -2.20. The van der Waals surface area contributed by atoms with Gasteiger partial charge in [-0.3, -0.25) is 0 Å². The summed E-state index contributed by atoms with van der Waals surface area (Å²) in [5, 5.41) is 9.14. The van der Waals surface area contributed by atoms with Crippen LogP contribution in [-0.2, 0) is 9.47 Å². The molecule has 0 rings (SSSR count). The van der Waals surface area contributed by atoms with Crippen LogP contribution in [0, 0.1) is 0 Å². The molecule has 0 aliphatic rings. The van der Waals surface area contributed by atoms with Gasteiger partial charge in [0, 0.05) is 13.7 Å². The molecule has 3 atom stereocenters. The van der Waals surface area contributed by atoms with Gasteiger partial charge in [-0.15, -0.1) is 0 Å². The molecule has 0 heterocycles. The molecule has 0 saturated carbocycles. The van der Waals surface area contributed by atoms with Crippen LogP contribution in [0.5, 0.6) is 0 Å². The van der Waals surface area contributed by atoms with Crippen LogP contribution in [0.2, 0.25) is 0 Å². The predicted molar refractivity (Wildman–Crippen MR) is 48.2 cm³/mol. The van der Waals surface area contributed by atoms with Crippen molar-refractivity contribution in [1.29, 1.82) is 0 Å². The molecule has 12 heavy (non-hydrogen) atoms. The Bertz CT molecular complexity index is 104. The Labute approximate surface area is 74.7 Å². The summed E-state index contributed by atoms with van der Waals surface area (Å²) in [6, 6.07) is 0. The molecule has 0 spiro atoms. The van der Waals surface area contributed by atoms with Crippen molar-refractivity contribution in [2.24, 2.45) is 0 Å². The van der Waals surface area contributed by atoms with Gasteiger partial charge >= 0.3 is 0 Å². The summed E-state index contributed by atoms with van der Waals surface area (Å²) in [5.74, 6) is 0. The molecular weight excluding hydrogens is 156 g/mol. The minimum absolute atomic E-state index is 0.100. The van der Waals surface area contributed by atoms with Crippen molar-refractivity contribution in [3.63, 3.8) is 0 Å². The maximum Gasteiger partial charge on any atom is 0.0806 e. The zero-order valence-corrected chi connectivity index (χ0v) is 8.41. The molecule has 0 fully saturated rings. The quantitative estimate of drug-likeness (QED) is 0.661. The summed E-state index contributed by atoms with van der Waals surface area (Å²) in [6.45, 7) is 6.28. The normalized spacial score (nSPS) is 18.8. The van der Waals surface area contributed by atoms with Gasteiger partial charge in [-0.2, -0.15) is 0 Å². The van der Waals surface area contributed by atoms with E-state index in [1.165, 1.54) is 0 Å². The molecule has 3 nitrogen and oxygen atoms in total. The number of hydrogen-bond acceptors (Lipinski definition) is 3. The highest BCUT2D eigenvalue weighted by atomic mass is 16.5. The Balaban J connectivity index is 3.47. The Hall–Kier alpha value is -0.120. The lowest BCUT2D eigenvalue weighted by molar-refractivity contribution is -0.0620. The Morgan fingerprint density at radius 1 is 1.25 bits per heavy atom. The molecule has 0 saturated heterocycles. The summed E-state index contributed by atoms with van der Waals surface area (Å²) in [6.07, 6.45) is 0.509. The van der Waals surface area contributed by atoms with Crippen molar-refractivity contribution < 1.29 is 14.6 Å². The Kier molecular flexibility index (Phi) is 6.34. The molecule has 0 aromatic heterocycles. The fourth-order valence-electron chi connectivity index (χ4n) is 0.832. The summed E-state index contributed by atoms with van der Waals surface area (Å²) in [7, 11) is 1.67. The third-order valence-corrected chi connectivity index (χ3v) is 1.85. The number of methoxy groups -OCH3 is 1. The van der Waals surface area contributed by atoms with E-state index in [0.29, 0.717) is 6.61 Å². The highest BCUT2D eigenvalue weighted by Crippen LogP contribution is 2.05. The first kappa shape index (κ1) is 11.9. The van der Waals surface area contributed by atoms with E-state index in [1.807, 2.05) is 13.8 Å². The standard InChI is InChI=1S/C9H20O3/c1-7(5-6-11-4)12-9(3)8(2)10/h7-10H,5-6H2,1-4H3/t7-,8+,9?/m0/s1. The van der Waals surface area contributed by atoms with Gasteiger partial charge in [-0.05, 0) is 27.2 Å². The van der Waals surface area contributed by atoms with Gasteiger partial charge < -0.3 is 14.6 Å². The average Bonchev–Trinajstić information content (AvgIpc) is 2.00. The molecular formula is C9H20O3. The monoisotopic (exact) mass is 176 g/mol. The van der Waals surface area contributed by atoms with E-state index in [2.05, 4.69) is 0 Å². The van der Waals surface area contributed by atoms with Gasteiger partial charge in [0.15, 0.2) is 0 Å². The fourth-order valence-corrected chi connectivity index (χ4v) is 0.832. The van der Waals surface area contributed by atoms with Gasteiger partial charge in [-0.1, -0.05) is 0 Å². The van der Waals surface area contributed by atoms with E-state index in [4.69, 9.17) is 14.6 Å². The van der Waals surface area contributed by atoms with Crippen LogP contribution in [0.3, 0.4) is 0 Å². The lowest BCUT2D eigenvalue weighted by atomic mass is 10.2. The molecule has 0 amide bonds. The second-order valence-electron chi connectivity index (χ2n) is 3.17.